The van der Waals surface area contributed by atoms with Crippen molar-refractivity contribution in [2.24, 2.45) is 7.05 Å². The Hall–Kier alpha value is -0.870. The summed E-state index contributed by atoms with van der Waals surface area (Å²) >= 11 is 0. The van der Waals surface area contributed by atoms with Gasteiger partial charge < -0.3 is 10.1 Å². The molecular formula is C13H25N3O. The minimum Gasteiger partial charge on any atom is -0.377 e. The van der Waals surface area contributed by atoms with E-state index in [1.165, 1.54) is 5.69 Å². The van der Waals surface area contributed by atoms with Crippen molar-refractivity contribution in [3.8, 4) is 0 Å². The number of ether oxygens (including phenoxy) is 1. The van der Waals surface area contributed by atoms with Crippen molar-refractivity contribution in [3.63, 3.8) is 0 Å². The fraction of sp³-hybridized carbons (Fsp3) is 0.769. The lowest BCUT2D eigenvalue weighted by atomic mass is 10.1. The van der Waals surface area contributed by atoms with E-state index in [0.29, 0.717) is 6.04 Å². The van der Waals surface area contributed by atoms with Gasteiger partial charge in [0, 0.05) is 25.2 Å². The van der Waals surface area contributed by atoms with E-state index in [0.717, 1.165) is 25.3 Å². The number of hydrogen-bond donors (Lipinski definition) is 1. The topological polar surface area (TPSA) is 39.1 Å². The van der Waals surface area contributed by atoms with Crippen molar-refractivity contribution in [1.29, 1.82) is 0 Å². The lowest BCUT2D eigenvalue weighted by Crippen LogP contribution is -2.36. The molecule has 0 radical (unpaired) electrons. The number of rotatable bonds is 7. The van der Waals surface area contributed by atoms with Gasteiger partial charge in [-0.25, -0.2) is 0 Å². The molecule has 0 spiro atoms. The normalized spacial score (nSPS) is 13.3. The summed E-state index contributed by atoms with van der Waals surface area (Å²) in [5.41, 5.74) is 2.32. The summed E-state index contributed by atoms with van der Waals surface area (Å²) in [6.45, 7) is 9.99. The zero-order valence-corrected chi connectivity index (χ0v) is 11.7. The van der Waals surface area contributed by atoms with Crippen LogP contribution < -0.4 is 5.32 Å². The molecule has 1 unspecified atom stereocenters. The highest BCUT2D eigenvalue weighted by molar-refractivity contribution is 5.10. The Morgan fingerprint density at radius 3 is 2.65 bits per heavy atom. The molecular weight excluding hydrogens is 214 g/mol. The first-order valence-electron chi connectivity index (χ1n) is 6.37. The highest BCUT2D eigenvalue weighted by Crippen LogP contribution is 2.06. The van der Waals surface area contributed by atoms with Crippen LogP contribution in [0.2, 0.25) is 0 Å². The van der Waals surface area contributed by atoms with E-state index < -0.39 is 0 Å². The molecule has 0 amide bonds. The second-order valence-electron chi connectivity index (χ2n) is 4.74. The third-order valence-corrected chi connectivity index (χ3v) is 2.68. The molecule has 1 rings (SSSR count). The Morgan fingerprint density at radius 1 is 1.47 bits per heavy atom. The molecule has 4 heteroatoms. The van der Waals surface area contributed by atoms with Crippen molar-refractivity contribution in [1.82, 2.24) is 15.1 Å². The maximum atomic E-state index is 5.68. The zero-order chi connectivity index (χ0) is 12.8. The molecule has 1 N–H and O–H groups in total. The number of aromatic nitrogens is 2. The summed E-state index contributed by atoms with van der Waals surface area (Å²) in [4.78, 5) is 0. The van der Waals surface area contributed by atoms with Crippen LogP contribution in [0.1, 0.15) is 32.2 Å². The molecule has 0 aliphatic rings. The Bertz CT molecular complexity index is 333. The van der Waals surface area contributed by atoms with Gasteiger partial charge in [0.2, 0.25) is 0 Å². The average Bonchev–Trinajstić information content (AvgIpc) is 2.54. The van der Waals surface area contributed by atoms with Crippen LogP contribution in [0.5, 0.6) is 0 Å². The largest absolute Gasteiger partial charge is 0.377 e. The molecule has 0 aromatic carbocycles. The molecule has 0 fully saturated rings. The zero-order valence-electron chi connectivity index (χ0n) is 11.7. The number of hydrogen-bond acceptors (Lipinski definition) is 3. The van der Waals surface area contributed by atoms with Crippen LogP contribution in [0.3, 0.4) is 0 Å². The molecule has 1 atom stereocenters. The van der Waals surface area contributed by atoms with Crippen molar-refractivity contribution < 1.29 is 4.74 Å². The van der Waals surface area contributed by atoms with Gasteiger partial charge in [-0.2, -0.15) is 5.10 Å². The predicted molar refractivity (Wildman–Crippen MR) is 70.2 cm³/mol. The molecule has 1 heterocycles. The second-order valence-corrected chi connectivity index (χ2v) is 4.74. The highest BCUT2D eigenvalue weighted by Gasteiger charge is 2.12. The van der Waals surface area contributed by atoms with Gasteiger partial charge in [-0.05, 0) is 33.4 Å². The first-order valence-corrected chi connectivity index (χ1v) is 6.37. The average molecular weight is 239 g/mol. The Morgan fingerprint density at radius 2 is 2.18 bits per heavy atom. The third-order valence-electron chi connectivity index (χ3n) is 2.68. The quantitative estimate of drug-likeness (QED) is 0.787. The van der Waals surface area contributed by atoms with Crippen LogP contribution in [0, 0.1) is 6.92 Å². The molecule has 17 heavy (non-hydrogen) atoms. The van der Waals surface area contributed by atoms with Crippen LogP contribution >= 0.6 is 0 Å². The van der Waals surface area contributed by atoms with Crippen LogP contribution in [0.4, 0.5) is 0 Å². The number of likely N-dealkylation sites (N-methyl/N-ethyl adjacent to an activating group) is 1. The smallest absolute Gasteiger partial charge is 0.0626 e. The third kappa shape index (κ3) is 4.88. The maximum absolute atomic E-state index is 5.68. The maximum Gasteiger partial charge on any atom is 0.0626 e. The molecule has 0 bridgehead atoms. The first kappa shape index (κ1) is 14.2. The summed E-state index contributed by atoms with van der Waals surface area (Å²) in [5, 5.41) is 7.82. The van der Waals surface area contributed by atoms with Gasteiger partial charge in [0.1, 0.15) is 0 Å². The summed E-state index contributed by atoms with van der Waals surface area (Å²) in [6.07, 6.45) is 1.24. The van der Waals surface area contributed by atoms with Gasteiger partial charge >= 0.3 is 0 Å². The minimum absolute atomic E-state index is 0.282. The number of nitrogens with zero attached hydrogens (tertiary/aromatic N) is 2. The molecule has 0 aliphatic carbocycles. The van der Waals surface area contributed by atoms with Crippen LogP contribution in [-0.4, -0.2) is 35.1 Å². The molecule has 4 nitrogen and oxygen atoms in total. The monoisotopic (exact) mass is 239 g/mol. The highest BCUT2D eigenvalue weighted by atomic mass is 16.5. The number of aryl methyl sites for hydroxylation is 2. The fourth-order valence-electron chi connectivity index (χ4n) is 1.90. The van der Waals surface area contributed by atoms with Gasteiger partial charge in [-0.15, -0.1) is 0 Å². The Balaban J connectivity index is 2.56. The SMILES string of the molecule is CCNC(COC(C)C)Cc1cc(C)nn1C. The van der Waals surface area contributed by atoms with E-state index in [4.69, 9.17) is 4.74 Å². The molecule has 0 saturated heterocycles. The summed E-state index contributed by atoms with van der Waals surface area (Å²) in [7, 11) is 1.99. The van der Waals surface area contributed by atoms with Gasteiger partial charge in [0.25, 0.3) is 0 Å². The van der Waals surface area contributed by atoms with Gasteiger partial charge in [0.15, 0.2) is 0 Å². The fourth-order valence-corrected chi connectivity index (χ4v) is 1.90. The predicted octanol–water partition coefficient (Wildman–Crippen LogP) is 1.67. The summed E-state index contributed by atoms with van der Waals surface area (Å²) < 4.78 is 7.64. The van der Waals surface area contributed by atoms with E-state index in [1.54, 1.807) is 0 Å². The van der Waals surface area contributed by atoms with Crippen LogP contribution in [0.25, 0.3) is 0 Å². The summed E-state index contributed by atoms with van der Waals surface area (Å²) in [6, 6.07) is 2.50. The minimum atomic E-state index is 0.282. The lowest BCUT2D eigenvalue weighted by molar-refractivity contribution is 0.0612. The van der Waals surface area contributed by atoms with Gasteiger partial charge in [0.05, 0.1) is 18.4 Å². The molecule has 1 aromatic heterocycles. The lowest BCUT2D eigenvalue weighted by Gasteiger charge is -2.19. The molecule has 98 valence electrons. The second kappa shape index (κ2) is 6.77. The molecule has 0 aliphatic heterocycles. The molecule has 1 aromatic rings. The van der Waals surface area contributed by atoms with Crippen molar-refractivity contribution in [3.05, 3.63) is 17.5 Å². The van der Waals surface area contributed by atoms with E-state index in [9.17, 15) is 0 Å². The van der Waals surface area contributed by atoms with Crippen molar-refractivity contribution >= 4 is 0 Å². The van der Waals surface area contributed by atoms with Gasteiger partial charge in [-0.1, -0.05) is 6.92 Å². The van der Waals surface area contributed by atoms with E-state index in [2.05, 4.69) is 37.3 Å². The van der Waals surface area contributed by atoms with E-state index >= 15 is 0 Å². The van der Waals surface area contributed by atoms with E-state index in [-0.39, 0.29) is 6.10 Å². The van der Waals surface area contributed by atoms with Gasteiger partial charge in [-0.3, -0.25) is 4.68 Å². The standard InChI is InChI=1S/C13H25N3O/c1-6-14-12(9-17-10(2)3)8-13-7-11(4)15-16(13)5/h7,10,12,14H,6,8-9H2,1-5H3. The van der Waals surface area contributed by atoms with Crippen LogP contribution in [-0.2, 0) is 18.2 Å². The number of nitrogens with one attached hydrogen (secondary N) is 1. The van der Waals surface area contributed by atoms with Crippen LogP contribution in [0.15, 0.2) is 6.07 Å². The summed E-state index contributed by atoms with van der Waals surface area (Å²) in [5.74, 6) is 0. The molecule has 0 saturated carbocycles. The van der Waals surface area contributed by atoms with Crippen molar-refractivity contribution in [2.75, 3.05) is 13.2 Å². The van der Waals surface area contributed by atoms with E-state index in [1.807, 2.05) is 18.7 Å². The Kier molecular flexibility index (Phi) is 5.65. The van der Waals surface area contributed by atoms with Crippen molar-refractivity contribution in [2.45, 2.75) is 46.3 Å². The Labute approximate surface area is 104 Å². The first-order chi connectivity index (χ1) is 8.02.